The number of benzene rings is 3. The highest BCUT2D eigenvalue weighted by Gasteiger charge is 2.36. The number of hydrogen-bond donors (Lipinski definition) is 0. The first-order chi connectivity index (χ1) is 16.4. The van der Waals surface area contributed by atoms with Crippen LogP contribution in [0.4, 0.5) is 4.39 Å². The molecule has 1 unspecified atom stereocenters. The van der Waals surface area contributed by atoms with E-state index >= 15 is 0 Å². The zero-order valence-electron chi connectivity index (χ0n) is 18.4. The average Bonchev–Trinajstić information content (AvgIpc) is 3.29. The van der Waals surface area contributed by atoms with Gasteiger partial charge in [0.15, 0.2) is 23.0 Å². The Kier molecular flexibility index (Phi) is 4.93. The Hall–Kier alpha value is -3.30. The van der Waals surface area contributed by atoms with Crippen molar-refractivity contribution in [2.24, 2.45) is 0 Å². The first-order valence-corrected chi connectivity index (χ1v) is 12.4. The predicted molar refractivity (Wildman–Crippen MR) is 120 cm³/mol. The van der Waals surface area contributed by atoms with Crippen molar-refractivity contribution in [3.05, 3.63) is 76.6 Å². The van der Waals surface area contributed by atoms with Gasteiger partial charge in [0.05, 0.1) is 7.11 Å². The molecule has 0 N–H and O–H groups in total. The molecule has 3 aliphatic rings. The minimum absolute atomic E-state index is 0.131. The summed E-state index contributed by atoms with van der Waals surface area (Å²) in [6, 6.07) is 12.7. The summed E-state index contributed by atoms with van der Waals surface area (Å²) >= 11 is 0. The normalized spacial score (nSPS) is 18.6. The van der Waals surface area contributed by atoms with Gasteiger partial charge in [-0.05, 0) is 65.9 Å². The zero-order valence-corrected chi connectivity index (χ0v) is 19.2. The maximum Gasteiger partial charge on any atom is 0.339 e. The highest BCUT2D eigenvalue weighted by molar-refractivity contribution is 7.87. The molecule has 7 nitrogen and oxygen atoms in total. The van der Waals surface area contributed by atoms with Crippen LogP contribution in [-0.4, -0.2) is 33.8 Å². The lowest BCUT2D eigenvalue weighted by Crippen LogP contribution is -2.39. The van der Waals surface area contributed by atoms with Crippen LogP contribution in [0.3, 0.4) is 0 Å². The third kappa shape index (κ3) is 3.47. The largest absolute Gasteiger partial charge is 0.493 e. The number of methoxy groups -OCH3 is 1. The SMILES string of the molecule is COc1ccc2c(c1OS(=O)(=O)c1cccc(F)c1)CN1CCc3cc4c(cc3C1C2)OCO4. The summed E-state index contributed by atoms with van der Waals surface area (Å²) in [6.07, 6.45) is 1.53. The Morgan fingerprint density at radius 2 is 1.88 bits per heavy atom. The van der Waals surface area contributed by atoms with E-state index in [4.69, 9.17) is 18.4 Å². The van der Waals surface area contributed by atoms with E-state index in [9.17, 15) is 12.8 Å². The molecule has 0 fully saturated rings. The Morgan fingerprint density at radius 3 is 2.68 bits per heavy atom. The van der Waals surface area contributed by atoms with E-state index in [0.717, 1.165) is 41.7 Å². The number of rotatable bonds is 4. The fourth-order valence-electron chi connectivity index (χ4n) is 5.03. The smallest absolute Gasteiger partial charge is 0.339 e. The maximum absolute atomic E-state index is 13.7. The third-order valence-electron chi connectivity index (χ3n) is 6.70. The van der Waals surface area contributed by atoms with Crippen molar-refractivity contribution in [1.29, 1.82) is 0 Å². The lowest BCUT2D eigenvalue weighted by molar-refractivity contribution is 0.159. The fourth-order valence-corrected chi connectivity index (χ4v) is 6.03. The second-order valence-electron chi connectivity index (χ2n) is 8.57. The Bertz CT molecular complexity index is 1410. The van der Waals surface area contributed by atoms with Gasteiger partial charge in [-0.2, -0.15) is 8.42 Å². The number of ether oxygens (including phenoxy) is 3. The molecular formula is C25H22FNO6S. The van der Waals surface area contributed by atoms with E-state index in [1.54, 1.807) is 6.07 Å². The summed E-state index contributed by atoms with van der Waals surface area (Å²) in [4.78, 5) is 2.07. The standard InChI is InChI=1S/C25H22FNO6S/c1-30-22-6-5-15-9-21-19-12-24-23(31-14-32-24)10-16(19)7-8-27(21)13-20(15)25(22)33-34(28,29)18-4-2-3-17(26)11-18/h2-6,10-12,21H,7-9,13-14H2,1H3. The van der Waals surface area contributed by atoms with Crippen LogP contribution >= 0.6 is 0 Å². The predicted octanol–water partition coefficient (Wildman–Crippen LogP) is 3.99. The van der Waals surface area contributed by atoms with E-state index in [2.05, 4.69) is 17.0 Å². The summed E-state index contributed by atoms with van der Waals surface area (Å²) in [6.45, 7) is 1.54. The van der Waals surface area contributed by atoms with E-state index in [1.165, 1.54) is 36.4 Å². The molecule has 3 heterocycles. The topological polar surface area (TPSA) is 74.3 Å². The molecule has 34 heavy (non-hydrogen) atoms. The van der Waals surface area contributed by atoms with Gasteiger partial charge in [-0.25, -0.2) is 4.39 Å². The number of fused-ring (bicyclic) bond motifs is 5. The van der Waals surface area contributed by atoms with Crippen LogP contribution in [0.25, 0.3) is 0 Å². The van der Waals surface area contributed by atoms with Crippen LogP contribution in [0.1, 0.15) is 28.3 Å². The first kappa shape index (κ1) is 21.2. The summed E-state index contributed by atoms with van der Waals surface area (Å²) < 4.78 is 61.8. The summed E-state index contributed by atoms with van der Waals surface area (Å²) in [5.74, 6) is 1.36. The van der Waals surface area contributed by atoms with Crippen molar-refractivity contribution in [3.63, 3.8) is 0 Å². The van der Waals surface area contributed by atoms with Gasteiger partial charge in [0.25, 0.3) is 0 Å². The molecule has 9 heteroatoms. The number of halogens is 1. The highest BCUT2D eigenvalue weighted by atomic mass is 32.2. The van der Waals surface area contributed by atoms with Gasteiger partial charge in [0.2, 0.25) is 6.79 Å². The molecule has 0 radical (unpaired) electrons. The summed E-state index contributed by atoms with van der Waals surface area (Å²) in [7, 11) is -2.79. The fraction of sp³-hybridized carbons (Fsp3) is 0.280. The summed E-state index contributed by atoms with van der Waals surface area (Å²) in [5, 5.41) is 0. The van der Waals surface area contributed by atoms with Crippen LogP contribution in [-0.2, 0) is 29.5 Å². The van der Waals surface area contributed by atoms with Crippen molar-refractivity contribution in [2.45, 2.75) is 30.3 Å². The second-order valence-corrected chi connectivity index (χ2v) is 10.1. The van der Waals surface area contributed by atoms with Crippen LogP contribution < -0.4 is 18.4 Å². The lowest BCUT2D eigenvalue weighted by atomic mass is 9.83. The van der Waals surface area contributed by atoms with E-state index in [0.29, 0.717) is 18.7 Å². The third-order valence-corrected chi connectivity index (χ3v) is 7.91. The first-order valence-electron chi connectivity index (χ1n) is 11.0. The highest BCUT2D eigenvalue weighted by Crippen LogP contribution is 2.47. The monoisotopic (exact) mass is 483 g/mol. The molecule has 3 aromatic rings. The quantitative estimate of drug-likeness (QED) is 0.520. The number of hydrogen-bond acceptors (Lipinski definition) is 7. The maximum atomic E-state index is 13.7. The molecule has 176 valence electrons. The lowest BCUT2D eigenvalue weighted by Gasteiger charge is -2.41. The van der Waals surface area contributed by atoms with Gasteiger partial charge in [0.1, 0.15) is 10.7 Å². The molecule has 0 aromatic heterocycles. The minimum Gasteiger partial charge on any atom is -0.493 e. The van der Waals surface area contributed by atoms with Crippen molar-refractivity contribution < 1.29 is 31.2 Å². The van der Waals surface area contributed by atoms with Crippen LogP contribution in [0.2, 0.25) is 0 Å². The molecule has 1 atom stereocenters. The summed E-state index contributed by atoms with van der Waals surface area (Å²) in [5.41, 5.74) is 4.19. The molecule has 0 bridgehead atoms. The van der Waals surface area contributed by atoms with Gasteiger partial charge < -0.3 is 18.4 Å². The van der Waals surface area contributed by atoms with Crippen molar-refractivity contribution >= 4 is 10.1 Å². The molecule has 0 spiro atoms. The Morgan fingerprint density at radius 1 is 1.06 bits per heavy atom. The zero-order chi connectivity index (χ0) is 23.4. The van der Waals surface area contributed by atoms with Gasteiger partial charge in [0, 0.05) is 24.7 Å². The molecule has 6 rings (SSSR count). The average molecular weight is 484 g/mol. The minimum atomic E-state index is -4.26. The number of nitrogens with zero attached hydrogens (tertiary/aromatic N) is 1. The molecule has 3 aliphatic heterocycles. The molecule has 0 aliphatic carbocycles. The van der Waals surface area contributed by atoms with Crippen molar-refractivity contribution in [2.75, 3.05) is 20.4 Å². The molecule has 0 saturated heterocycles. The van der Waals surface area contributed by atoms with Crippen molar-refractivity contribution in [1.82, 2.24) is 4.90 Å². The van der Waals surface area contributed by atoms with E-state index < -0.39 is 15.9 Å². The van der Waals surface area contributed by atoms with E-state index in [1.807, 2.05) is 6.07 Å². The van der Waals surface area contributed by atoms with Crippen LogP contribution in [0.5, 0.6) is 23.0 Å². The Labute approximate surface area is 196 Å². The second kappa shape index (κ2) is 7.89. The van der Waals surface area contributed by atoms with Gasteiger partial charge >= 0.3 is 10.1 Å². The van der Waals surface area contributed by atoms with Crippen molar-refractivity contribution in [3.8, 4) is 23.0 Å². The van der Waals surface area contributed by atoms with Gasteiger partial charge in [-0.3, -0.25) is 4.90 Å². The molecule has 0 amide bonds. The molecule has 3 aromatic carbocycles. The molecular weight excluding hydrogens is 461 g/mol. The Balaban J connectivity index is 1.39. The molecule has 0 saturated carbocycles. The van der Waals surface area contributed by atoms with E-state index in [-0.39, 0.29) is 23.5 Å². The van der Waals surface area contributed by atoms with Gasteiger partial charge in [-0.15, -0.1) is 0 Å². The van der Waals surface area contributed by atoms with Crippen LogP contribution in [0.15, 0.2) is 53.4 Å². The van der Waals surface area contributed by atoms with Gasteiger partial charge in [-0.1, -0.05) is 12.1 Å². The van der Waals surface area contributed by atoms with Crippen LogP contribution in [0, 0.1) is 5.82 Å².